The third kappa shape index (κ3) is 3.30. The fourth-order valence-corrected chi connectivity index (χ4v) is 2.17. The van der Waals surface area contributed by atoms with Crippen LogP contribution in [0.4, 0.5) is 4.39 Å². The highest BCUT2D eigenvalue weighted by Crippen LogP contribution is 2.30. The Hall–Kier alpha value is -0.870. The van der Waals surface area contributed by atoms with Crippen LogP contribution in [-0.2, 0) is 5.33 Å². The number of hydrogen-bond donors (Lipinski definition) is 0. The third-order valence-corrected chi connectivity index (χ3v) is 3.31. The van der Waals surface area contributed by atoms with Gasteiger partial charge in [0.05, 0.1) is 0 Å². The summed E-state index contributed by atoms with van der Waals surface area (Å²) in [7, 11) is 0. The highest BCUT2D eigenvalue weighted by Gasteiger charge is 2.05. The molecule has 0 spiro atoms. The van der Waals surface area contributed by atoms with Crippen LogP contribution in [0, 0.1) is 5.82 Å². The predicted molar refractivity (Wildman–Crippen MR) is 73.2 cm³/mol. The van der Waals surface area contributed by atoms with Gasteiger partial charge in [-0.2, -0.15) is 0 Å². The zero-order valence-corrected chi connectivity index (χ0v) is 12.0. The maximum absolute atomic E-state index is 12.8. The van der Waals surface area contributed by atoms with E-state index in [2.05, 4.69) is 31.9 Å². The molecule has 0 bridgehead atoms. The van der Waals surface area contributed by atoms with E-state index in [1.54, 1.807) is 12.1 Å². The molecule has 1 nitrogen and oxygen atoms in total. The monoisotopic (exact) mass is 358 g/mol. The van der Waals surface area contributed by atoms with Crippen LogP contribution >= 0.6 is 31.9 Å². The normalized spacial score (nSPS) is 10.3. The lowest BCUT2D eigenvalue weighted by molar-refractivity contribution is 0.476. The quantitative estimate of drug-likeness (QED) is 0.678. The molecular formula is C13H9Br2FO. The number of alkyl halides is 1. The second kappa shape index (κ2) is 5.65. The van der Waals surface area contributed by atoms with Crippen molar-refractivity contribution < 1.29 is 9.13 Å². The molecule has 0 N–H and O–H groups in total. The minimum atomic E-state index is -0.271. The summed E-state index contributed by atoms with van der Waals surface area (Å²) in [6.45, 7) is 0. The van der Waals surface area contributed by atoms with Crippen LogP contribution in [0.25, 0.3) is 0 Å². The molecule has 0 radical (unpaired) electrons. The second-order valence-electron chi connectivity index (χ2n) is 3.44. The van der Waals surface area contributed by atoms with Crippen LogP contribution in [0.3, 0.4) is 0 Å². The highest BCUT2D eigenvalue weighted by molar-refractivity contribution is 9.10. The van der Waals surface area contributed by atoms with Crippen molar-refractivity contribution in [1.29, 1.82) is 0 Å². The standard InChI is InChI=1S/C13H9Br2FO/c14-8-9-1-2-10(15)7-13(9)17-12-5-3-11(16)4-6-12/h1-7H,8H2. The lowest BCUT2D eigenvalue weighted by Gasteiger charge is -2.10. The molecular weight excluding hydrogens is 351 g/mol. The summed E-state index contributed by atoms with van der Waals surface area (Å²) < 4.78 is 19.4. The van der Waals surface area contributed by atoms with Gasteiger partial charge in [0.15, 0.2) is 0 Å². The van der Waals surface area contributed by atoms with Crippen LogP contribution in [-0.4, -0.2) is 0 Å². The number of hydrogen-bond acceptors (Lipinski definition) is 1. The maximum atomic E-state index is 12.8. The molecule has 88 valence electrons. The summed E-state index contributed by atoms with van der Waals surface area (Å²) in [6.07, 6.45) is 0. The first kappa shape index (κ1) is 12.6. The van der Waals surface area contributed by atoms with E-state index in [-0.39, 0.29) is 5.82 Å². The molecule has 2 aromatic rings. The summed E-state index contributed by atoms with van der Waals surface area (Å²) in [5.74, 6) is 1.10. The highest BCUT2D eigenvalue weighted by atomic mass is 79.9. The molecule has 0 aliphatic carbocycles. The van der Waals surface area contributed by atoms with E-state index in [0.29, 0.717) is 11.1 Å². The molecule has 2 rings (SSSR count). The van der Waals surface area contributed by atoms with Crippen molar-refractivity contribution in [2.45, 2.75) is 5.33 Å². The lowest BCUT2D eigenvalue weighted by atomic mass is 10.2. The van der Waals surface area contributed by atoms with E-state index in [1.165, 1.54) is 12.1 Å². The fourth-order valence-electron chi connectivity index (χ4n) is 1.36. The average Bonchev–Trinajstić information content (AvgIpc) is 2.32. The van der Waals surface area contributed by atoms with Gasteiger partial charge in [0.1, 0.15) is 17.3 Å². The summed E-state index contributed by atoms with van der Waals surface area (Å²) >= 11 is 6.80. The molecule has 0 atom stereocenters. The van der Waals surface area contributed by atoms with Crippen LogP contribution in [0.2, 0.25) is 0 Å². The first-order valence-electron chi connectivity index (χ1n) is 4.97. The van der Waals surface area contributed by atoms with Gasteiger partial charge < -0.3 is 4.74 Å². The Morgan fingerprint density at radius 3 is 2.41 bits per heavy atom. The number of rotatable bonds is 3. The van der Waals surface area contributed by atoms with Gasteiger partial charge in [0.2, 0.25) is 0 Å². The van der Waals surface area contributed by atoms with Gasteiger partial charge in [-0.05, 0) is 36.4 Å². The molecule has 0 aliphatic rings. The van der Waals surface area contributed by atoms with Crippen LogP contribution in [0.1, 0.15) is 5.56 Å². The summed E-state index contributed by atoms with van der Waals surface area (Å²) in [5, 5.41) is 0.705. The molecule has 0 aromatic heterocycles. The molecule has 0 saturated carbocycles. The predicted octanol–water partition coefficient (Wildman–Crippen LogP) is 5.28. The summed E-state index contributed by atoms with van der Waals surface area (Å²) in [4.78, 5) is 0. The van der Waals surface area contributed by atoms with Crippen molar-refractivity contribution in [3.8, 4) is 11.5 Å². The van der Waals surface area contributed by atoms with Crippen LogP contribution in [0.15, 0.2) is 46.9 Å². The van der Waals surface area contributed by atoms with E-state index in [4.69, 9.17) is 4.74 Å². The molecule has 0 unspecified atom stereocenters. The Kier molecular flexibility index (Phi) is 4.18. The second-order valence-corrected chi connectivity index (χ2v) is 4.92. The Bertz CT molecular complexity index is 511. The van der Waals surface area contributed by atoms with E-state index in [1.807, 2.05) is 18.2 Å². The minimum Gasteiger partial charge on any atom is -0.457 e. The van der Waals surface area contributed by atoms with Crippen molar-refractivity contribution in [3.63, 3.8) is 0 Å². The molecule has 0 heterocycles. The average molecular weight is 360 g/mol. The molecule has 17 heavy (non-hydrogen) atoms. The Morgan fingerprint density at radius 2 is 1.76 bits per heavy atom. The van der Waals surface area contributed by atoms with Gasteiger partial charge in [-0.3, -0.25) is 0 Å². The van der Waals surface area contributed by atoms with Crippen LogP contribution in [0.5, 0.6) is 11.5 Å². The lowest BCUT2D eigenvalue weighted by Crippen LogP contribution is -1.89. The van der Waals surface area contributed by atoms with Crippen molar-refractivity contribution in [1.82, 2.24) is 0 Å². The number of halogens is 3. The Labute approximate surface area is 116 Å². The Morgan fingerprint density at radius 1 is 1.06 bits per heavy atom. The van der Waals surface area contributed by atoms with Crippen molar-refractivity contribution in [2.75, 3.05) is 0 Å². The van der Waals surface area contributed by atoms with Crippen molar-refractivity contribution in [2.24, 2.45) is 0 Å². The van der Waals surface area contributed by atoms with Gasteiger partial charge in [-0.25, -0.2) is 4.39 Å². The van der Waals surface area contributed by atoms with Gasteiger partial charge in [0, 0.05) is 15.4 Å². The molecule has 4 heteroatoms. The topological polar surface area (TPSA) is 9.23 Å². The first-order valence-corrected chi connectivity index (χ1v) is 6.88. The third-order valence-electron chi connectivity index (χ3n) is 2.21. The molecule has 0 amide bonds. The van der Waals surface area contributed by atoms with E-state index >= 15 is 0 Å². The molecule has 2 aromatic carbocycles. The maximum Gasteiger partial charge on any atom is 0.132 e. The number of ether oxygens (including phenoxy) is 1. The van der Waals surface area contributed by atoms with Gasteiger partial charge in [-0.15, -0.1) is 0 Å². The largest absolute Gasteiger partial charge is 0.457 e. The fraction of sp³-hybridized carbons (Fsp3) is 0.0769. The summed E-state index contributed by atoms with van der Waals surface area (Å²) in [6, 6.07) is 11.8. The van der Waals surface area contributed by atoms with Gasteiger partial charge >= 0.3 is 0 Å². The zero-order valence-electron chi connectivity index (χ0n) is 8.79. The van der Waals surface area contributed by atoms with Crippen molar-refractivity contribution in [3.05, 3.63) is 58.3 Å². The minimum absolute atomic E-state index is 0.271. The van der Waals surface area contributed by atoms with Crippen LogP contribution < -0.4 is 4.74 Å². The molecule has 0 fully saturated rings. The van der Waals surface area contributed by atoms with Crippen molar-refractivity contribution >= 4 is 31.9 Å². The van der Waals surface area contributed by atoms with E-state index in [9.17, 15) is 4.39 Å². The zero-order chi connectivity index (χ0) is 12.3. The van der Waals surface area contributed by atoms with E-state index in [0.717, 1.165) is 15.8 Å². The SMILES string of the molecule is Fc1ccc(Oc2cc(Br)ccc2CBr)cc1. The van der Waals surface area contributed by atoms with Gasteiger partial charge in [-0.1, -0.05) is 37.9 Å². The van der Waals surface area contributed by atoms with E-state index < -0.39 is 0 Å². The molecule has 0 saturated heterocycles. The first-order chi connectivity index (χ1) is 8.19. The molecule has 0 aliphatic heterocycles. The summed E-state index contributed by atoms with van der Waals surface area (Å²) in [5.41, 5.74) is 1.04. The Balaban J connectivity index is 2.28. The number of benzene rings is 2. The van der Waals surface area contributed by atoms with Gasteiger partial charge in [0.25, 0.3) is 0 Å². The smallest absolute Gasteiger partial charge is 0.132 e.